The first kappa shape index (κ1) is 15.2. The van der Waals surface area contributed by atoms with Crippen molar-refractivity contribution < 1.29 is 9.90 Å². The number of imidazole rings is 1. The fourth-order valence-corrected chi connectivity index (χ4v) is 2.84. The Hall–Kier alpha value is -2.69. The minimum atomic E-state index is -0.865. The third-order valence-electron chi connectivity index (χ3n) is 4.21. The summed E-state index contributed by atoms with van der Waals surface area (Å²) >= 11 is 0. The number of aryl methyl sites for hydroxylation is 4. The number of pyridine rings is 1. The number of hydrogen-bond acceptors (Lipinski definition) is 3. The summed E-state index contributed by atoms with van der Waals surface area (Å²) in [6, 6.07) is 8.08. The van der Waals surface area contributed by atoms with E-state index in [-0.39, 0.29) is 6.42 Å². The van der Waals surface area contributed by atoms with Crippen molar-refractivity contribution in [2.45, 2.75) is 27.2 Å². The number of carboxylic acid groups (broad SMARTS) is 1. The van der Waals surface area contributed by atoms with Crippen LogP contribution in [0.3, 0.4) is 0 Å². The van der Waals surface area contributed by atoms with Crippen molar-refractivity contribution in [2.24, 2.45) is 7.05 Å². The van der Waals surface area contributed by atoms with Gasteiger partial charge in [-0.15, -0.1) is 0 Å². The van der Waals surface area contributed by atoms with Crippen molar-refractivity contribution in [3.8, 4) is 11.1 Å². The first-order chi connectivity index (χ1) is 10.9. The zero-order chi connectivity index (χ0) is 16.7. The van der Waals surface area contributed by atoms with Gasteiger partial charge in [0, 0.05) is 18.3 Å². The molecule has 0 amide bonds. The van der Waals surface area contributed by atoms with E-state index in [1.807, 2.05) is 56.7 Å². The normalized spacial score (nSPS) is 11.1. The minimum absolute atomic E-state index is 0.0619. The summed E-state index contributed by atoms with van der Waals surface area (Å²) in [5.41, 5.74) is 6.01. The number of hydrogen-bond donors (Lipinski definition) is 1. The van der Waals surface area contributed by atoms with Crippen LogP contribution in [0.1, 0.15) is 22.6 Å². The molecule has 1 aromatic carbocycles. The molecule has 5 nitrogen and oxygen atoms in total. The molecule has 5 heteroatoms. The molecule has 0 saturated heterocycles. The number of nitrogens with zero attached hydrogens (tertiary/aromatic N) is 3. The summed E-state index contributed by atoms with van der Waals surface area (Å²) in [5.74, 6) is -0.0111. The van der Waals surface area contributed by atoms with Gasteiger partial charge >= 0.3 is 5.97 Å². The Morgan fingerprint density at radius 2 is 1.78 bits per heavy atom. The summed E-state index contributed by atoms with van der Waals surface area (Å²) < 4.78 is 1.94. The van der Waals surface area contributed by atoms with E-state index in [2.05, 4.69) is 9.97 Å². The van der Waals surface area contributed by atoms with Crippen molar-refractivity contribution in [3.63, 3.8) is 0 Å². The van der Waals surface area contributed by atoms with Crippen LogP contribution in [0.15, 0.2) is 24.3 Å². The van der Waals surface area contributed by atoms with Gasteiger partial charge in [-0.1, -0.05) is 29.8 Å². The average molecular weight is 309 g/mol. The van der Waals surface area contributed by atoms with Crippen LogP contribution in [0.25, 0.3) is 22.3 Å². The molecule has 2 aromatic heterocycles. The van der Waals surface area contributed by atoms with Crippen LogP contribution in [0.2, 0.25) is 0 Å². The molecule has 0 aliphatic carbocycles. The first-order valence-electron chi connectivity index (χ1n) is 7.50. The third-order valence-corrected chi connectivity index (χ3v) is 4.21. The van der Waals surface area contributed by atoms with E-state index in [4.69, 9.17) is 0 Å². The fraction of sp³-hybridized carbons (Fsp3) is 0.278. The minimum Gasteiger partial charge on any atom is -0.481 e. The maximum atomic E-state index is 11.3. The number of carbonyl (C=O) groups is 1. The summed E-state index contributed by atoms with van der Waals surface area (Å²) in [7, 11) is 1.92. The maximum Gasteiger partial charge on any atom is 0.307 e. The number of aromatic nitrogens is 3. The zero-order valence-corrected chi connectivity index (χ0v) is 13.7. The van der Waals surface area contributed by atoms with Crippen molar-refractivity contribution in [3.05, 3.63) is 46.9 Å². The topological polar surface area (TPSA) is 68.0 Å². The molecule has 0 aliphatic heterocycles. The summed E-state index contributed by atoms with van der Waals surface area (Å²) in [6.07, 6.45) is -0.0619. The van der Waals surface area contributed by atoms with Crippen LogP contribution in [0.4, 0.5) is 0 Å². The molecule has 0 saturated carbocycles. The highest BCUT2D eigenvalue weighted by Crippen LogP contribution is 2.33. The highest BCUT2D eigenvalue weighted by molar-refractivity contribution is 5.94. The van der Waals surface area contributed by atoms with Gasteiger partial charge < -0.3 is 9.67 Å². The second-order valence-electron chi connectivity index (χ2n) is 5.88. The number of benzene rings is 1. The van der Waals surface area contributed by atoms with Gasteiger partial charge in [0.1, 0.15) is 11.3 Å². The SMILES string of the molecule is Cc1ccc(-c2c(CC(=O)O)c(C)nc3c2nc(C)n3C)cc1. The van der Waals surface area contributed by atoms with Crippen molar-refractivity contribution in [1.82, 2.24) is 14.5 Å². The van der Waals surface area contributed by atoms with E-state index in [0.717, 1.165) is 44.9 Å². The molecule has 3 rings (SSSR count). The predicted molar refractivity (Wildman–Crippen MR) is 89.5 cm³/mol. The lowest BCUT2D eigenvalue weighted by atomic mass is 9.95. The first-order valence-corrected chi connectivity index (χ1v) is 7.50. The van der Waals surface area contributed by atoms with Crippen LogP contribution in [-0.2, 0) is 18.3 Å². The van der Waals surface area contributed by atoms with Crippen LogP contribution in [0, 0.1) is 20.8 Å². The lowest BCUT2D eigenvalue weighted by molar-refractivity contribution is -0.136. The van der Waals surface area contributed by atoms with Gasteiger partial charge in [0.25, 0.3) is 0 Å². The number of aliphatic carboxylic acids is 1. The highest BCUT2D eigenvalue weighted by atomic mass is 16.4. The van der Waals surface area contributed by atoms with Crippen molar-refractivity contribution in [2.75, 3.05) is 0 Å². The molecular formula is C18H19N3O2. The molecule has 0 spiro atoms. The Bertz CT molecular complexity index is 908. The highest BCUT2D eigenvalue weighted by Gasteiger charge is 2.20. The largest absolute Gasteiger partial charge is 0.481 e. The average Bonchev–Trinajstić information content (AvgIpc) is 2.76. The molecule has 3 aromatic rings. The second-order valence-corrected chi connectivity index (χ2v) is 5.88. The van der Waals surface area contributed by atoms with E-state index in [1.165, 1.54) is 0 Å². The smallest absolute Gasteiger partial charge is 0.307 e. The van der Waals surface area contributed by atoms with Crippen LogP contribution >= 0.6 is 0 Å². The van der Waals surface area contributed by atoms with Crippen LogP contribution in [0.5, 0.6) is 0 Å². The molecule has 2 heterocycles. The molecule has 0 fully saturated rings. The quantitative estimate of drug-likeness (QED) is 0.807. The van der Waals surface area contributed by atoms with Crippen molar-refractivity contribution >= 4 is 17.1 Å². The lowest BCUT2D eigenvalue weighted by Crippen LogP contribution is -2.07. The van der Waals surface area contributed by atoms with Gasteiger partial charge in [0.2, 0.25) is 0 Å². The predicted octanol–water partition coefficient (Wildman–Crippen LogP) is 3.19. The van der Waals surface area contributed by atoms with E-state index < -0.39 is 5.97 Å². The molecule has 0 radical (unpaired) electrons. The van der Waals surface area contributed by atoms with Crippen LogP contribution < -0.4 is 0 Å². The zero-order valence-electron chi connectivity index (χ0n) is 13.7. The standard InChI is InChI=1S/C18H19N3O2/c1-10-5-7-13(8-6-10)16-14(9-15(22)23)11(2)19-18-17(16)20-12(3)21(18)4/h5-8H,9H2,1-4H3,(H,22,23). The van der Waals surface area contributed by atoms with E-state index >= 15 is 0 Å². The molecule has 0 aliphatic rings. The fourth-order valence-electron chi connectivity index (χ4n) is 2.84. The molecule has 118 valence electrons. The Balaban J connectivity index is 2.40. The van der Waals surface area contributed by atoms with Gasteiger partial charge in [-0.05, 0) is 31.9 Å². The van der Waals surface area contributed by atoms with Gasteiger partial charge in [-0.25, -0.2) is 9.97 Å². The molecule has 0 atom stereocenters. The molecule has 1 N–H and O–H groups in total. The number of carboxylic acids is 1. The van der Waals surface area contributed by atoms with E-state index in [1.54, 1.807) is 0 Å². The molecule has 23 heavy (non-hydrogen) atoms. The van der Waals surface area contributed by atoms with Gasteiger partial charge in [0.15, 0.2) is 5.65 Å². The van der Waals surface area contributed by atoms with Gasteiger partial charge in [0.05, 0.1) is 6.42 Å². The molecule has 0 bridgehead atoms. The Labute approximate surface area is 134 Å². The molecular weight excluding hydrogens is 290 g/mol. The van der Waals surface area contributed by atoms with Crippen LogP contribution in [-0.4, -0.2) is 25.6 Å². The van der Waals surface area contributed by atoms with E-state index in [9.17, 15) is 9.90 Å². The maximum absolute atomic E-state index is 11.3. The Morgan fingerprint density at radius 3 is 2.39 bits per heavy atom. The summed E-state index contributed by atoms with van der Waals surface area (Å²) in [6.45, 7) is 5.81. The third kappa shape index (κ3) is 2.59. The lowest BCUT2D eigenvalue weighted by Gasteiger charge is -2.12. The number of rotatable bonds is 3. The van der Waals surface area contributed by atoms with Gasteiger partial charge in [-0.3, -0.25) is 4.79 Å². The van der Waals surface area contributed by atoms with Gasteiger partial charge in [-0.2, -0.15) is 0 Å². The number of fused-ring (bicyclic) bond motifs is 1. The van der Waals surface area contributed by atoms with Crippen molar-refractivity contribution in [1.29, 1.82) is 0 Å². The second kappa shape index (κ2) is 5.50. The van der Waals surface area contributed by atoms with E-state index in [0.29, 0.717) is 0 Å². The Morgan fingerprint density at radius 1 is 1.13 bits per heavy atom. The summed E-state index contributed by atoms with van der Waals surface area (Å²) in [5, 5.41) is 9.29. The summed E-state index contributed by atoms with van der Waals surface area (Å²) in [4.78, 5) is 20.5. The Kier molecular flexibility index (Phi) is 3.64. The molecule has 0 unspecified atom stereocenters. The monoisotopic (exact) mass is 309 g/mol.